The summed E-state index contributed by atoms with van der Waals surface area (Å²) in [6.07, 6.45) is -4.84. The summed E-state index contributed by atoms with van der Waals surface area (Å²) in [4.78, 5) is 17.2. The van der Waals surface area contributed by atoms with E-state index in [0.29, 0.717) is 18.7 Å². The van der Waals surface area contributed by atoms with Crippen LogP contribution in [0.1, 0.15) is 40.9 Å². The Kier molecular flexibility index (Phi) is 9.73. The monoisotopic (exact) mass is 619 g/mol. The predicted octanol–water partition coefficient (Wildman–Crippen LogP) is 5.17. The Morgan fingerprint density at radius 2 is 1.74 bits per heavy atom. The van der Waals surface area contributed by atoms with Gasteiger partial charge in [-0.25, -0.2) is 8.42 Å². The van der Waals surface area contributed by atoms with Crippen LogP contribution in [0.4, 0.5) is 18.9 Å². The second kappa shape index (κ2) is 12.9. The number of aliphatic hydroxyl groups is 1. The Balaban J connectivity index is 1.59. The molecule has 2 N–H and O–H groups in total. The van der Waals surface area contributed by atoms with Gasteiger partial charge in [0.25, 0.3) is 15.9 Å². The van der Waals surface area contributed by atoms with Crippen LogP contribution in [0.25, 0.3) is 0 Å². The van der Waals surface area contributed by atoms with Gasteiger partial charge in [0.05, 0.1) is 28.7 Å². The molecule has 8 nitrogen and oxygen atoms in total. The maximum Gasteiger partial charge on any atom is 0.416 e. The highest BCUT2D eigenvalue weighted by Crippen LogP contribution is 2.32. The minimum absolute atomic E-state index is 0.0768. The van der Waals surface area contributed by atoms with Crippen molar-refractivity contribution in [1.29, 1.82) is 0 Å². The molecule has 12 heteroatoms. The van der Waals surface area contributed by atoms with E-state index < -0.39 is 39.8 Å². The van der Waals surface area contributed by atoms with Crippen molar-refractivity contribution in [2.45, 2.75) is 50.5 Å². The van der Waals surface area contributed by atoms with E-state index in [1.54, 1.807) is 30.0 Å². The van der Waals surface area contributed by atoms with E-state index in [2.05, 4.69) is 4.72 Å². The lowest BCUT2D eigenvalue weighted by molar-refractivity contribution is -0.137. The molecule has 3 aromatic rings. The van der Waals surface area contributed by atoms with E-state index in [4.69, 9.17) is 4.74 Å². The number of nitrogens with one attached hydrogen (secondary N) is 1. The highest BCUT2D eigenvalue weighted by atomic mass is 32.2. The number of halogens is 3. The average Bonchev–Trinajstić information content (AvgIpc) is 2.94. The number of amides is 1. The van der Waals surface area contributed by atoms with Crippen molar-refractivity contribution in [1.82, 2.24) is 9.80 Å². The van der Waals surface area contributed by atoms with Crippen LogP contribution in [0.2, 0.25) is 0 Å². The summed E-state index contributed by atoms with van der Waals surface area (Å²) >= 11 is 0. The van der Waals surface area contributed by atoms with Crippen molar-refractivity contribution >= 4 is 21.6 Å². The number of sulfonamides is 1. The lowest BCUT2D eigenvalue weighted by Gasteiger charge is -2.38. The molecule has 0 saturated heterocycles. The summed E-state index contributed by atoms with van der Waals surface area (Å²) in [5.41, 5.74) is 1.22. The smallest absolute Gasteiger partial charge is 0.416 e. The molecule has 3 atom stereocenters. The number of benzene rings is 3. The Labute approximate surface area is 250 Å². The topological polar surface area (TPSA) is 99.2 Å². The molecule has 0 aromatic heterocycles. The number of ether oxygens (including phenoxy) is 1. The molecule has 0 bridgehead atoms. The highest BCUT2D eigenvalue weighted by Gasteiger charge is 2.34. The van der Waals surface area contributed by atoms with Crippen LogP contribution in [-0.4, -0.2) is 68.1 Å². The molecule has 1 heterocycles. The first-order chi connectivity index (χ1) is 20.2. The molecule has 1 aliphatic rings. The number of carbonyl (C=O) groups excluding carboxylic acids is 1. The first-order valence-electron chi connectivity index (χ1n) is 13.8. The lowest BCUT2D eigenvalue weighted by Crippen LogP contribution is -2.49. The second-order valence-electron chi connectivity index (χ2n) is 11.1. The molecular formula is C31H36F3N3O5S. The number of anilines is 1. The number of carbonyl (C=O) groups is 1. The fourth-order valence-corrected chi connectivity index (χ4v) is 5.97. The van der Waals surface area contributed by atoms with Gasteiger partial charge < -0.3 is 14.7 Å². The van der Waals surface area contributed by atoms with E-state index in [1.807, 2.05) is 25.8 Å². The third-order valence-corrected chi connectivity index (χ3v) is 8.87. The van der Waals surface area contributed by atoms with E-state index in [-0.39, 0.29) is 41.0 Å². The molecule has 232 valence electrons. The van der Waals surface area contributed by atoms with Crippen molar-refractivity contribution in [2.24, 2.45) is 5.92 Å². The third kappa shape index (κ3) is 7.87. The number of aryl methyl sites for hydroxylation is 1. The number of fused-ring (bicyclic) bond motifs is 1. The summed E-state index contributed by atoms with van der Waals surface area (Å²) in [6.45, 7) is 6.25. The van der Waals surface area contributed by atoms with Crippen molar-refractivity contribution in [3.05, 3.63) is 89.0 Å². The summed E-state index contributed by atoms with van der Waals surface area (Å²) in [6, 6.07) is 15.4. The summed E-state index contributed by atoms with van der Waals surface area (Å²) in [5.74, 6) is -0.324. The molecular weight excluding hydrogens is 583 g/mol. The zero-order valence-corrected chi connectivity index (χ0v) is 25.2. The van der Waals surface area contributed by atoms with Crippen molar-refractivity contribution in [3.8, 4) is 5.75 Å². The van der Waals surface area contributed by atoms with Gasteiger partial charge in [0.1, 0.15) is 11.9 Å². The van der Waals surface area contributed by atoms with Gasteiger partial charge in [-0.3, -0.25) is 14.4 Å². The third-order valence-electron chi connectivity index (χ3n) is 7.47. The van der Waals surface area contributed by atoms with Crippen LogP contribution >= 0.6 is 0 Å². The minimum Gasteiger partial charge on any atom is -0.488 e. The second-order valence-corrected chi connectivity index (χ2v) is 12.8. The minimum atomic E-state index is -4.41. The SMILES string of the molecule is Cc1ccc(S(=O)(=O)Nc2ccc3c(c2)C(=O)N([C@H](C)CO)C[C@@H](C)[C@H](CN(C)Cc2ccc(C(F)(F)F)cc2)O3)cc1. The molecule has 0 aliphatic carbocycles. The number of nitrogens with zero attached hydrogens (tertiary/aromatic N) is 2. The van der Waals surface area contributed by atoms with Crippen LogP contribution in [-0.2, 0) is 22.7 Å². The molecule has 0 fully saturated rings. The van der Waals surface area contributed by atoms with Crippen LogP contribution in [0.3, 0.4) is 0 Å². The molecule has 0 saturated carbocycles. The summed E-state index contributed by atoms with van der Waals surface area (Å²) in [7, 11) is -2.10. The van der Waals surface area contributed by atoms with Crippen LogP contribution in [0, 0.1) is 12.8 Å². The number of aliphatic hydroxyl groups excluding tert-OH is 1. The van der Waals surface area contributed by atoms with Crippen molar-refractivity contribution in [2.75, 3.05) is 31.5 Å². The van der Waals surface area contributed by atoms with Crippen LogP contribution in [0.5, 0.6) is 5.75 Å². The standard InChI is InChI=1S/C31H36F3N3O5S/c1-20-5-12-26(13-6-20)43(40,41)35-25-11-14-28-27(15-25)30(39)37(22(3)19-38)16-21(2)29(42-28)18-36(4)17-23-7-9-24(10-8-23)31(32,33)34/h5-15,21-22,29,35,38H,16-19H2,1-4H3/t21-,22-,29+/m1/s1. The molecule has 1 amide bonds. The molecule has 43 heavy (non-hydrogen) atoms. The highest BCUT2D eigenvalue weighted by molar-refractivity contribution is 7.92. The van der Waals surface area contributed by atoms with Gasteiger partial charge in [-0.15, -0.1) is 0 Å². The maximum absolute atomic E-state index is 13.7. The fraction of sp³-hybridized carbons (Fsp3) is 0.387. The molecule has 3 aromatic carbocycles. The number of rotatable bonds is 9. The average molecular weight is 620 g/mol. The quantitative estimate of drug-likeness (QED) is 0.343. The Bertz CT molecular complexity index is 1530. The molecule has 0 unspecified atom stereocenters. The van der Waals surface area contributed by atoms with Crippen molar-refractivity contribution < 1.29 is 36.2 Å². The number of likely N-dealkylation sites (N-methyl/N-ethyl adjacent to an activating group) is 1. The van der Waals surface area contributed by atoms with Crippen LogP contribution in [0.15, 0.2) is 71.6 Å². The number of hydrogen-bond donors (Lipinski definition) is 2. The molecule has 0 radical (unpaired) electrons. The molecule has 1 aliphatic heterocycles. The number of hydrogen-bond acceptors (Lipinski definition) is 6. The Morgan fingerprint density at radius 1 is 1.09 bits per heavy atom. The summed E-state index contributed by atoms with van der Waals surface area (Å²) < 4.78 is 73.8. The normalized spacial score (nSPS) is 18.4. The molecule has 4 rings (SSSR count). The molecule has 0 spiro atoms. The van der Waals surface area contributed by atoms with E-state index >= 15 is 0 Å². The summed E-state index contributed by atoms with van der Waals surface area (Å²) in [5, 5.41) is 9.90. The van der Waals surface area contributed by atoms with Gasteiger partial charge in [0.15, 0.2) is 0 Å². The van der Waals surface area contributed by atoms with Crippen LogP contribution < -0.4 is 9.46 Å². The maximum atomic E-state index is 13.7. The fourth-order valence-electron chi connectivity index (χ4n) is 4.92. The first-order valence-corrected chi connectivity index (χ1v) is 15.3. The predicted molar refractivity (Wildman–Crippen MR) is 157 cm³/mol. The largest absolute Gasteiger partial charge is 0.488 e. The van der Waals surface area contributed by atoms with E-state index in [1.165, 1.54) is 36.4 Å². The first kappa shape index (κ1) is 32.3. The van der Waals surface area contributed by atoms with E-state index in [9.17, 15) is 31.5 Å². The van der Waals surface area contributed by atoms with E-state index in [0.717, 1.165) is 17.7 Å². The van der Waals surface area contributed by atoms with Gasteiger partial charge in [0, 0.05) is 31.2 Å². The van der Waals surface area contributed by atoms with Crippen molar-refractivity contribution in [3.63, 3.8) is 0 Å². The van der Waals surface area contributed by atoms with Gasteiger partial charge in [-0.1, -0.05) is 36.8 Å². The Morgan fingerprint density at radius 3 is 2.35 bits per heavy atom. The van der Waals surface area contributed by atoms with Gasteiger partial charge in [0.2, 0.25) is 0 Å². The number of alkyl halides is 3. The van der Waals surface area contributed by atoms with Gasteiger partial charge in [-0.2, -0.15) is 13.2 Å². The van der Waals surface area contributed by atoms with Gasteiger partial charge >= 0.3 is 6.18 Å². The zero-order chi connectivity index (χ0) is 31.5. The Hall–Kier alpha value is -3.61. The lowest BCUT2D eigenvalue weighted by atomic mass is 9.99. The van der Waals surface area contributed by atoms with Gasteiger partial charge in [-0.05, 0) is 68.9 Å². The zero-order valence-electron chi connectivity index (χ0n) is 24.4.